The second-order valence-corrected chi connectivity index (χ2v) is 5.35. The highest BCUT2D eigenvalue weighted by Gasteiger charge is 2.20. The molecule has 0 bridgehead atoms. The summed E-state index contributed by atoms with van der Waals surface area (Å²) in [6.07, 6.45) is 1.80. The molecule has 126 valence electrons. The Bertz CT molecular complexity index is 874. The lowest BCUT2D eigenvalue weighted by Crippen LogP contribution is -2.24. The number of halogens is 1. The standard InChI is InChI=1S/C17H14FN5O2/c18-13-3-2-11(7-12(13)14-5-6-25-17(20)23-14)22-16(24)15-4-1-10(8-19)9-21-15/h1-4,7,9,14H,5-6H2,(H2,20,23)(H,22,24)/t14-/m0/s1. The number of benzene rings is 1. The van der Waals surface area contributed by atoms with E-state index in [2.05, 4.69) is 15.3 Å². The number of aliphatic imine (C=N–C) groups is 1. The Hall–Kier alpha value is -3.47. The SMILES string of the molecule is N#Cc1ccc(C(=O)Nc2ccc(F)c([C@@H]3CCOC(N)=N3)c2)nc1. The summed E-state index contributed by atoms with van der Waals surface area (Å²) in [6.45, 7) is 0.352. The molecule has 0 saturated heterocycles. The van der Waals surface area contributed by atoms with Crippen molar-refractivity contribution in [2.24, 2.45) is 10.7 Å². The van der Waals surface area contributed by atoms with Crippen molar-refractivity contribution < 1.29 is 13.9 Å². The summed E-state index contributed by atoms with van der Waals surface area (Å²) >= 11 is 0. The van der Waals surface area contributed by atoms with Crippen LogP contribution in [0.15, 0.2) is 41.5 Å². The van der Waals surface area contributed by atoms with Crippen LogP contribution in [0.3, 0.4) is 0 Å². The molecule has 2 aromatic rings. The Morgan fingerprint density at radius 3 is 2.92 bits per heavy atom. The van der Waals surface area contributed by atoms with E-state index < -0.39 is 17.8 Å². The Labute approximate surface area is 143 Å². The Morgan fingerprint density at radius 1 is 1.40 bits per heavy atom. The molecule has 8 heteroatoms. The van der Waals surface area contributed by atoms with Gasteiger partial charge in [-0.25, -0.2) is 14.4 Å². The van der Waals surface area contributed by atoms with E-state index in [0.29, 0.717) is 29.8 Å². The van der Waals surface area contributed by atoms with E-state index in [1.165, 1.54) is 36.5 Å². The van der Waals surface area contributed by atoms with Gasteiger partial charge < -0.3 is 15.8 Å². The summed E-state index contributed by atoms with van der Waals surface area (Å²) in [6, 6.07) is 8.66. The van der Waals surface area contributed by atoms with Gasteiger partial charge >= 0.3 is 0 Å². The molecule has 0 saturated carbocycles. The Balaban J connectivity index is 1.81. The first kappa shape index (κ1) is 16.4. The maximum Gasteiger partial charge on any atom is 0.282 e. The molecular weight excluding hydrogens is 325 g/mol. The lowest BCUT2D eigenvalue weighted by Gasteiger charge is -2.20. The van der Waals surface area contributed by atoms with E-state index in [1.54, 1.807) is 0 Å². The number of ether oxygens (including phenoxy) is 1. The third-order valence-corrected chi connectivity index (χ3v) is 3.66. The molecular formula is C17H14FN5O2. The van der Waals surface area contributed by atoms with E-state index in [-0.39, 0.29) is 11.7 Å². The molecule has 1 atom stereocenters. The van der Waals surface area contributed by atoms with Gasteiger partial charge in [-0.05, 0) is 30.3 Å². The van der Waals surface area contributed by atoms with E-state index in [4.69, 9.17) is 15.7 Å². The Morgan fingerprint density at radius 2 is 2.24 bits per heavy atom. The number of nitriles is 1. The number of nitrogens with one attached hydrogen (secondary N) is 1. The first-order chi connectivity index (χ1) is 12.1. The zero-order valence-corrected chi connectivity index (χ0v) is 13.1. The van der Waals surface area contributed by atoms with Crippen molar-refractivity contribution in [2.45, 2.75) is 12.5 Å². The number of amides is 1. The number of rotatable bonds is 3. The van der Waals surface area contributed by atoms with Crippen molar-refractivity contribution in [3.63, 3.8) is 0 Å². The molecule has 3 N–H and O–H groups in total. The van der Waals surface area contributed by atoms with Gasteiger partial charge in [-0.3, -0.25) is 4.79 Å². The quantitative estimate of drug-likeness (QED) is 0.889. The van der Waals surface area contributed by atoms with Gasteiger partial charge in [0.1, 0.15) is 17.6 Å². The first-order valence-electron chi connectivity index (χ1n) is 7.50. The van der Waals surface area contributed by atoms with Crippen LogP contribution in [0.25, 0.3) is 0 Å². The minimum Gasteiger partial charge on any atom is -0.465 e. The van der Waals surface area contributed by atoms with Gasteiger partial charge in [-0.15, -0.1) is 0 Å². The highest BCUT2D eigenvalue weighted by Crippen LogP contribution is 2.28. The zero-order chi connectivity index (χ0) is 17.8. The highest BCUT2D eigenvalue weighted by molar-refractivity contribution is 6.02. The fourth-order valence-corrected chi connectivity index (χ4v) is 2.42. The van der Waals surface area contributed by atoms with Crippen molar-refractivity contribution >= 4 is 17.6 Å². The maximum absolute atomic E-state index is 14.1. The average Bonchev–Trinajstić information content (AvgIpc) is 2.63. The molecule has 7 nitrogen and oxygen atoms in total. The van der Waals surface area contributed by atoms with E-state index in [0.717, 1.165) is 0 Å². The van der Waals surface area contributed by atoms with Crippen LogP contribution in [0, 0.1) is 17.1 Å². The molecule has 0 fully saturated rings. The molecule has 2 heterocycles. The van der Waals surface area contributed by atoms with Crippen LogP contribution in [-0.2, 0) is 4.74 Å². The summed E-state index contributed by atoms with van der Waals surface area (Å²) in [4.78, 5) is 20.2. The lowest BCUT2D eigenvalue weighted by molar-refractivity contribution is 0.102. The molecule has 1 aromatic heterocycles. The lowest BCUT2D eigenvalue weighted by atomic mass is 10.0. The molecule has 0 spiro atoms. The smallest absolute Gasteiger partial charge is 0.282 e. The highest BCUT2D eigenvalue weighted by atomic mass is 19.1. The van der Waals surface area contributed by atoms with Crippen molar-refractivity contribution in [1.29, 1.82) is 5.26 Å². The average molecular weight is 339 g/mol. The molecule has 0 radical (unpaired) electrons. The van der Waals surface area contributed by atoms with Gasteiger partial charge in [0.25, 0.3) is 11.9 Å². The maximum atomic E-state index is 14.1. The summed E-state index contributed by atoms with van der Waals surface area (Å²) in [5.41, 5.74) is 6.78. The van der Waals surface area contributed by atoms with Gasteiger partial charge in [0.2, 0.25) is 0 Å². The molecule has 1 aromatic carbocycles. The Kier molecular flexibility index (Phi) is 4.57. The van der Waals surface area contributed by atoms with Crippen LogP contribution < -0.4 is 11.1 Å². The summed E-state index contributed by atoms with van der Waals surface area (Å²) < 4.78 is 19.2. The molecule has 0 unspecified atom stereocenters. The fraction of sp³-hybridized carbons (Fsp3) is 0.176. The van der Waals surface area contributed by atoms with E-state index in [9.17, 15) is 9.18 Å². The second kappa shape index (κ2) is 6.97. The predicted molar refractivity (Wildman–Crippen MR) is 88.2 cm³/mol. The van der Waals surface area contributed by atoms with Crippen molar-refractivity contribution in [3.8, 4) is 6.07 Å². The largest absolute Gasteiger partial charge is 0.465 e. The fourth-order valence-electron chi connectivity index (χ4n) is 2.42. The summed E-state index contributed by atoms with van der Waals surface area (Å²) in [5, 5.41) is 11.4. The molecule has 0 aliphatic carbocycles. The summed E-state index contributed by atoms with van der Waals surface area (Å²) in [5.74, 6) is -0.894. The third-order valence-electron chi connectivity index (χ3n) is 3.66. The van der Waals surface area contributed by atoms with E-state index >= 15 is 0 Å². The summed E-state index contributed by atoms with van der Waals surface area (Å²) in [7, 11) is 0. The number of aromatic nitrogens is 1. The second-order valence-electron chi connectivity index (χ2n) is 5.35. The van der Waals surface area contributed by atoms with Crippen LogP contribution in [0.1, 0.15) is 34.1 Å². The molecule has 1 amide bonds. The van der Waals surface area contributed by atoms with Gasteiger partial charge in [-0.1, -0.05) is 0 Å². The molecule has 1 aliphatic rings. The molecule has 25 heavy (non-hydrogen) atoms. The van der Waals surface area contributed by atoms with E-state index in [1.807, 2.05) is 6.07 Å². The number of carbonyl (C=O) groups is 1. The minimum atomic E-state index is -0.461. The number of carbonyl (C=O) groups excluding carboxylic acids is 1. The van der Waals surface area contributed by atoms with Crippen LogP contribution in [-0.4, -0.2) is 23.5 Å². The van der Waals surface area contributed by atoms with Gasteiger partial charge in [0, 0.05) is 23.9 Å². The van der Waals surface area contributed by atoms with Crippen LogP contribution in [0.4, 0.5) is 10.1 Å². The first-order valence-corrected chi connectivity index (χ1v) is 7.50. The number of nitrogens with two attached hydrogens (primary N) is 1. The number of amidine groups is 1. The van der Waals surface area contributed by atoms with Crippen LogP contribution in [0.2, 0.25) is 0 Å². The third kappa shape index (κ3) is 3.72. The number of hydrogen-bond donors (Lipinski definition) is 2. The van der Waals surface area contributed by atoms with Crippen molar-refractivity contribution in [3.05, 3.63) is 59.2 Å². The van der Waals surface area contributed by atoms with Crippen molar-refractivity contribution in [1.82, 2.24) is 4.98 Å². The van der Waals surface area contributed by atoms with Gasteiger partial charge in [-0.2, -0.15) is 5.26 Å². The number of nitrogens with zero attached hydrogens (tertiary/aromatic N) is 3. The number of hydrogen-bond acceptors (Lipinski definition) is 6. The number of anilines is 1. The monoisotopic (exact) mass is 339 g/mol. The number of pyridine rings is 1. The normalized spacial score (nSPS) is 16.3. The van der Waals surface area contributed by atoms with Gasteiger partial charge in [0.05, 0.1) is 18.2 Å². The minimum absolute atomic E-state index is 0.0203. The molecule has 3 rings (SSSR count). The predicted octanol–water partition coefficient (Wildman–Crippen LogP) is 2.12. The zero-order valence-electron chi connectivity index (χ0n) is 13.1. The van der Waals surface area contributed by atoms with Gasteiger partial charge in [0.15, 0.2) is 0 Å². The van der Waals surface area contributed by atoms with Crippen molar-refractivity contribution in [2.75, 3.05) is 11.9 Å². The topological polar surface area (TPSA) is 113 Å². The van der Waals surface area contributed by atoms with Crippen LogP contribution >= 0.6 is 0 Å². The molecule has 1 aliphatic heterocycles. The van der Waals surface area contributed by atoms with Crippen LogP contribution in [0.5, 0.6) is 0 Å².